The van der Waals surface area contributed by atoms with Gasteiger partial charge in [0.2, 0.25) is 0 Å². The van der Waals surface area contributed by atoms with Crippen molar-refractivity contribution < 1.29 is 4.92 Å². The van der Waals surface area contributed by atoms with Crippen molar-refractivity contribution in [3.8, 4) is 0 Å². The van der Waals surface area contributed by atoms with Gasteiger partial charge in [0.25, 0.3) is 11.2 Å². The van der Waals surface area contributed by atoms with Crippen LogP contribution in [-0.2, 0) is 13.6 Å². The number of nitro benzene ring substituents is 1. The Kier molecular flexibility index (Phi) is 4.85. The molecule has 0 saturated carbocycles. The zero-order chi connectivity index (χ0) is 21.3. The Bertz CT molecular complexity index is 1400. The van der Waals surface area contributed by atoms with Gasteiger partial charge >= 0.3 is 5.69 Å². The van der Waals surface area contributed by atoms with Crippen molar-refractivity contribution in [2.45, 2.75) is 6.54 Å². The van der Waals surface area contributed by atoms with E-state index in [-0.39, 0.29) is 23.4 Å². The summed E-state index contributed by atoms with van der Waals surface area (Å²) in [5.41, 5.74) is 0.653. The van der Waals surface area contributed by atoms with Gasteiger partial charge in [-0.25, -0.2) is 9.78 Å². The number of fused-ring (bicyclic) bond motifs is 1. The van der Waals surface area contributed by atoms with Gasteiger partial charge < -0.3 is 4.57 Å². The molecule has 0 atom stereocenters. The highest BCUT2D eigenvalue weighted by Gasteiger charge is 2.16. The van der Waals surface area contributed by atoms with Crippen LogP contribution in [0.25, 0.3) is 23.3 Å². The number of rotatable bonds is 5. The largest absolute Gasteiger partial charge is 0.330 e. The summed E-state index contributed by atoms with van der Waals surface area (Å²) in [7, 11) is 1.65. The Morgan fingerprint density at radius 2 is 1.77 bits per heavy atom. The highest BCUT2D eigenvalue weighted by molar-refractivity contribution is 5.78. The summed E-state index contributed by atoms with van der Waals surface area (Å²) >= 11 is 0. The van der Waals surface area contributed by atoms with Crippen LogP contribution in [0, 0.1) is 10.1 Å². The van der Waals surface area contributed by atoms with E-state index in [4.69, 9.17) is 0 Å². The van der Waals surface area contributed by atoms with Gasteiger partial charge in [-0.1, -0.05) is 42.5 Å². The van der Waals surface area contributed by atoms with E-state index in [1.165, 1.54) is 10.6 Å². The number of H-pyrrole nitrogens is 1. The molecule has 0 spiro atoms. The summed E-state index contributed by atoms with van der Waals surface area (Å²) < 4.78 is 2.95. The van der Waals surface area contributed by atoms with E-state index in [1.807, 2.05) is 30.3 Å². The first kappa shape index (κ1) is 19.1. The minimum atomic E-state index is -0.552. The number of nitro groups is 1. The zero-order valence-corrected chi connectivity index (χ0v) is 16.0. The van der Waals surface area contributed by atoms with Crippen molar-refractivity contribution in [2.24, 2.45) is 7.05 Å². The van der Waals surface area contributed by atoms with E-state index >= 15 is 0 Å². The Labute approximate surface area is 169 Å². The first-order chi connectivity index (χ1) is 14.5. The molecule has 150 valence electrons. The molecule has 0 saturated heterocycles. The quantitative estimate of drug-likeness (QED) is 0.406. The second-order valence-corrected chi connectivity index (χ2v) is 6.68. The number of aromatic nitrogens is 4. The third-order valence-corrected chi connectivity index (χ3v) is 4.78. The lowest BCUT2D eigenvalue weighted by Crippen LogP contribution is -2.31. The number of aryl methyl sites for hydroxylation is 1. The zero-order valence-electron chi connectivity index (χ0n) is 16.0. The predicted molar refractivity (Wildman–Crippen MR) is 113 cm³/mol. The van der Waals surface area contributed by atoms with Gasteiger partial charge in [-0.15, -0.1) is 0 Å². The molecular weight excluding hydrogens is 386 g/mol. The van der Waals surface area contributed by atoms with Crippen LogP contribution in [0.4, 0.5) is 5.69 Å². The summed E-state index contributed by atoms with van der Waals surface area (Å²) in [6.07, 6.45) is 3.15. The lowest BCUT2D eigenvalue weighted by atomic mass is 10.1. The molecule has 1 N–H and O–H groups in total. The fourth-order valence-electron chi connectivity index (χ4n) is 3.28. The van der Waals surface area contributed by atoms with Crippen LogP contribution in [0.1, 0.15) is 17.0 Å². The molecule has 2 heterocycles. The van der Waals surface area contributed by atoms with Gasteiger partial charge in [-0.05, 0) is 23.8 Å². The first-order valence-corrected chi connectivity index (χ1v) is 9.10. The van der Waals surface area contributed by atoms with Gasteiger partial charge in [-0.2, -0.15) is 0 Å². The molecule has 9 nitrogen and oxygen atoms in total. The van der Waals surface area contributed by atoms with Gasteiger partial charge in [0.05, 0.1) is 17.0 Å². The second-order valence-electron chi connectivity index (χ2n) is 6.68. The molecule has 4 rings (SSSR count). The van der Waals surface area contributed by atoms with E-state index in [1.54, 1.807) is 42.0 Å². The number of nitrogens with zero attached hydrogens (tertiary/aromatic N) is 4. The molecule has 0 amide bonds. The maximum atomic E-state index is 12.4. The van der Waals surface area contributed by atoms with E-state index < -0.39 is 16.2 Å². The van der Waals surface area contributed by atoms with E-state index in [9.17, 15) is 19.7 Å². The number of para-hydroxylation sites is 1. The number of hydrogen-bond donors (Lipinski definition) is 1. The molecule has 0 aliphatic rings. The topological polar surface area (TPSA) is 116 Å². The maximum Gasteiger partial charge on any atom is 0.330 e. The van der Waals surface area contributed by atoms with E-state index in [0.717, 1.165) is 5.56 Å². The summed E-state index contributed by atoms with van der Waals surface area (Å²) in [5, 5.41) is 11.2. The van der Waals surface area contributed by atoms with E-state index in [2.05, 4.69) is 9.97 Å². The van der Waals surface area contributed by atoms with E-state index in [0.29, 0.717) is 11.4 Å². The molecule has 2 aromatic heterocycles. The number of aromatic amines is 1. The number of hydrogen-bond acceptors (Lipinski definition) is 5. The lowest BCUT2D eigenvalue weighted by molar-refractivity contribution is -0.385. The van der Waals surface area contributed by atoms with Gasteiger partial charge in [-0.3, -0.25) is 24.5 Å². The molecule has 2 aromatic carbocycles. The van der Waals surface area contributed by atoms with Gasteiger partial charge in [0, 0.05) is 13.1 Å². The highest BCUT2D eigenvalue weighted by Crippen LogP contribution is 2.21. The highest BCUT2D eigenvalue weighted by atomic mass is 16.6. The molecule has 0 bridgehead atoms. The summed E-state index contributed by atoms with van der Waals surface area (Å²) in [4.78, 5) is 42.4. The third-order valence-electron chi connectivity index (χ3n) is 4.78. The number of nitrogens with one attached hydrogen (secondary N) is 1. The number of imidazole rings is 1. The molecule has 0 aliphatic heterocycles. The van der Waals surface area contributed by atoms with Crippen LogP contribution in [0.15, 0.2) is 64.2 Å². The van der Waals surface area contributed by atoms with Crippen molar-refractivity contribution in [3.63, 3.8) is 0 Å². The Morgan fingerprint density at radius 1 is 1.07 bits per heavy atom. The molecule has 4 aromatic rings. The van der Waals surface area contributed by atoms with Crippen LogP contribution in [0.2, 0.25) is 0 Å². The Balaban J connectivity index is 1.84. The van der Waals surface area contributed by atoms with Crippen molar-refractivity contribution in [2.75, 3.05) is 0 Å². The summed E-state index contributed by atoms with van der Waals surface area (Å²) in [6, 6.07) is 15.7. The molecule has 0 radical (unpaired) electrons. The standard InChI is InChI=1S/C21H17N5O4/c1-24-17(12-11-15-9-5-6-10-16(15)26(29)30)22-19-18(24)20(27)23-21(28)25(19)13-14-7-3-2-4-8-14/h2-12H,13H2,1H3,(H,23,27,28)/b12-11+. The van der Waals surface area contributed by atoms with Crippen LogP contribution in [-0.4, -0.2) is 24.0 Å². The summed E-state index contributed by atoms with van der Waals surface area (Å²) in [6.45, 7) is 0.247. The second kappa shape index (κ2) is 7.63. The van der Waals surface area contributed by atoms with Crippen LogP contribution < -0.4 is 11.2 Å². The summed E-state index contributed by atoms with van der Waals surface area (Å²) in [5.74, 6) is 0.390. The molecular formula is C21H17N5O4. The van der Waals surface area contributed by atoms with Crippen LogP contribution >= 0.6 is 0 Å². The normalized spacial score (nSPS) is 11.4. The smallest absolute Gasteiger partial charge is 0.322 e. The van der Waals surface area contributed by atoms with Crippen LogP contribution in [0.3, 0.4) is 0 Å². The first-order valence-electron chi connectivity index (χ1n) is 9.10. The molecule has 0 aliphatic carbocycles. The van der Waals surface area contributed by atoms with Crippen molar-refractivity contribution >= 4 is 29.0 Å². The number of benzene rings is 2. The molecule has 30 heavy (non-hydrogen) atoms. The fraction of sp³-hybridized carbons (Fsp3) is 0.0952. The average molecular weight is 403 g/mol. The van der Waals surface area contributed by atoms with Crippen LogP contribution in [0.5, 0.6) is 0 Å². The lowest BCUT2D eigenvalue weighted by Gasteiger charge is -2.06. The Hall–Kier alpha value is -4.27. The molecule has 0 unspecified atom stereocenters. The monoisotopic (exact) mass is 403 g/mol. The SMILES string of the molecule is Cn1c(/C=C/c2ccccc2[N+](=O)[O-])nc2c1c(=O)[nH]c(=O)n2Cc1ccccc1. The minimum Gasteiger partial charge on any atom is -0.322 e. The predicted octanol–water partition coefficient (Wildman–Crippen LogP) is 2.55. The van der Waals surface area contributed by atoms with Crippen molar-refractivity contribution in [1.82, 2.24) is 19.1 Å². The van der Waals surface area contributed by atoms with Gasteiger partial charge in [0.15, 0.2) is 11.2 Å². The molecule has 0 fully saturated rings. The average Bonchev–Trinajstić information content (AvgIpc) is 3.07. The third kappa shape index (κ3) is 3.44. The Morgan fingerprint density at radius 3 is 2.50 bits per heavy atom. The molecule has 9 heteroatoms. The maximum absolute atomic E-state index is 12.4. The fourth-order valence-corrected chi connectivity index (χ4v) is 3.28. The van der Waals surface area contributed by atoms with Crippen molar-refractivity contribution in [1.29, 1.82) is 0 Å². The minimum absolute atomic E-state index is 0.0358. The van der Waals surface area contributed by atoms with Gasteiger partial charge in [0.1, 0.15) is 5.82 Å². The van der Waals surface area contributed by atoms with Crippen molar-refractivity contribution in [3.05, 3.63) is 103 Å².